The highest BCUT2D eigenvalue weighted by atomic mass is 17.2. The van der Waals surface area contributed by atoms with E-state index in [1.165, 1.54) is 6.92 Å². The van der Waals surface area contributed by atoms with Crippen molar-refractivity contribution in [2.24, 2.45) is 0 Å². The van der Waals surface area contributed by atoms with E-state index in [1.54, 1.807) is 0 Å². The van der Waals surface area contributed by atoms with E-state index in [1.807, 2.05) is 0 Å². The zero-order valence-corrected chi connectivity index (χ0v) is 9.08. The van der Waals surface area contributed by atoms with Crippen molar-refractivity contribution in [1.29, 1.82) is 0 Å². The second kappa shape index (κ2) is 10.5. The first-order valence-electron chi connectivity index (χ1n) is 5.15. The Kier molecular flexibility index (Phi) is 10.0. The standard InChI is InChI=1S/C6H12O2.C4H8O2/c1-3-4-5-8-6(2)7;1-2-4-6-5-3-1/h3-5H2,1-2H3;1-4H2. The van der Waals surface area contributed by atoms with E-state index in [9.17, 15) is 4.79 Å². The lowest BCUT2D eigenvalue weighted by atomic mass is 10.3. The van der Waals surface area contributed by atoms with Crippen molar-refractivity contribution in [3.05, 3.63) is 0 Å². The van der Waals surface area contributed by atoms with Crippen molar-refractivity contribution < 1.29 is 19.3 Å². The fourth-order valence-corrected chi connectivity index (χ4v) is 0.800. The van der Waals surface area contributed by atoms with Crippen LogP contribution in [0.2, 0.25) is 0 Å². The van der Waals surface area contributed by atoms with Crippen LogP contribution in [0.5, 0.6) is 0 Å². The van der Waals surface area contributed by atoms with Crippen molar-refractivity contribution in [3.63, 3.8) is 0 Å². The van der Waals surface area contributed by atoms with Crippen LogP contribution in [0.15, 0.2) is 0 Å². The highest BCUT2D eigenvalue weighted by Gasteiger charge is 1.95. The molecule has 0 bridgehead atoms. The van der Waals surface area contributed by atoms with E-state index in [0.717, 1.165) is 38.9 Å². The van der Waals surface area contributed by atoms with E-state index in [0.29, 0.717) is 6.61 Å². The minimum Gasteiger partial charge on any atom is -0.466 e. The molecule has 0 aromatic heterocycles. The van der Waals surface area contributed by atoms with Crippen LogP contribution < -0.4 is 0 Å². The number of hydrogen-bond acceptors (Lipinski definition) is 4. The lowest BCUT2D eigenvalue weighted by Crippen LogP contribution is -2.05. The van der Waals surface area contributed by atoms with Gasteiger partial charge in [-0.2, -0.15) is 0 Å². The van der Waals surface area contributed by atoms with Gasteiger partial charge < -0.3 is 4.74 Å². The van der Waals surface area contributed by atoms with Crippen LogP contribution >= 0.6 is 0 Å². The summed E-state index contributed by atoms with van der Waals surface area (Å²) in [6, 6.07) is 0. The predicted molar refractivity (Wildman–Crippen MR) is 52.7 cm³/mol. The second-order valence-corrected chi connectivity index (χ2v) is 3.04. The Hall–Kier alpha value is -0.610. The first-order valence-corrected chi connectivity index (χ1v) is 5.15. The molecule has 1 aliphatic heterocycles. The van der Waals surface area contributed by atoms with E-state index < -0.39 is 0 Å². The topological polar surface area (TPSA) is 44.8 Å². The van der Waals surface area contributed by atoms with Crippen LogP contribution in [0.25, 0.3) is 0 Å². The van der Waals surface area contributed by atoms with E-state index >= 15 is 0 Å². The summed E-state index contributed by atoms with van der Waals surface area (Å²) < 4.78 is 4.64. The number of ether oxygens (including phenoxy) is 1. The smallest absolute Gasteiger partial charge is 0.302 e. The van der Waals surface area contributed by atoms with Gasteiger partial charge in [-0.3, -0.25) is 4.79 Å². The molecule has 0 aliphatic carbocycles. The van der Waals surface area contributed by atoms with Gasteiger partial charge in [-0.1, -0.05) is 13.3 Å². The van der Waals surface area contributed by atoms with Crippen LogP contribution in [-0.4, -0.2) is 25.8 Å². The van der Waals surface area contributed by atoms with Gasteiger partial charge in [0.15, 0.2) is 0 Å². The molecule has 0 unspecified atom stereocenters. The number of carbonyl (C=O) groups excluding carboxylic acids is 1. The van der Waals surface area contributed by atoms with Crippen molar-refractivity contribution in [2.45, 2.75) is 39.5 Å². The maximum atomic E-state index is 10.1. The molecule has 0 amide bonds. The molecule has 4 nitrogen and oxygen atoms in total. The van der Waals surface area contributed by atoms with Gasteiger partial charge in [-0.15, -0.1) is 0 Å². The van der Waals surface area contributed by atoms with Gasteiger partial charge in [0.25, 0.3) is 0 Å². The van der Waals surface area contributed by atoms with Crippen molar-refractivity contribution in [1.82, 2.24) is 0 Å². The third kappa shape index (κ3) is 11.4. The summed E-state index contributed by atoms with van der Waals surface area (Å²) >= 11 is 0. The minimum absolute atomic E-state index is 0.182. The lowest BCUT2D eigenvalue weighted by Gasteiger charge is -2.07. The average Bonchev–Trinajstić information content (AvgIpc) is 2.21. The van der Waals surface area contributed by atoms with Gasteiger partial charge in [-0.25, -0.2) is 9.78 Å². The summed E-state index contributed by atoms with van der Waals surface area (Å²) in [4.78, 5) is 19.2. The van der Waals surface area contributed by atoms with Crippen LogP contribution in [0.4, 0.5) is 0 Å². The predicted octanol–water partition coefficient (Wildman–Crippen LogP) is 2.08. The van der Waals surface area contributed by atoms with Crippen molar-refractivity contribution in [3.8, 4) is 0 Å². The summed E-state index contributed by atoms with van der Waals surface area (Å²) in [5.74, 6) is -0.182. The molecular formula is C10H20O4. The van der Waals surface area contributed by atoms with Crippen LogP contribution in [0.3, 0.4) is 0 Å². The molecule has 1 fully saturated rings. The quantitative estimate of drug-likeness (QED) is 0.401. The summed E-state index contributed by atoms with van der Waals surface area (Å²) in [5.41, 5.74) is 0. The van der Waals surface area contributed by atoms with Gasteiger partial charge in [-0.05, 0) is 19.3 Å². The SMILES string of the molecule is C1CCOOC1.CCCCOC(C)=O. The van der Waals surface area contributed by atoms with E-state index in [-0.39, 0.29) is 5.97 Å². The monoisotopic (exact) mass is 204 g/mol. The Morgan fingerprint density at radius 1 is 1.29 bits per heavy atom. The van der Waals surface area contributed by atoms with Gasteiger partial charge in [0, 0.05) is 6.92 Å². The molecule has 0 N–H and O–H groups in total. The molecular weight excluding hydrogens is 184 g/mol. The van der Waals surface area contributed by atoms with Crippen molar-refractivity contribution in [2.75, 3.05) is 19.8 Å². The number of carbonyl (C=O) groups is 1. The first-order chi connectivity index (χ1) is 6.77. The molecule has 84 valence electrons. The number of esters is 1. The number of hydrogen-bond donors (Lipinski definition) is 0. The summed E-state index contributed by atoms with van der Waals surface area (Å²) in [7, 11) is 0. The zero-order chi connectivity index (χ0) is 10.6. The third-order valence-electron chi connectivity index (χ3n) is 1.59. The second-order valence-electron chi connectivity index (χ2n) is 3.04. The molecule has 1 rings (SSSR count). The van der Waals surface area contributed by atoms with Gasteiger partial charge in [0.2, 0.25) is 0 Å². The van der Waals surface area contributed by atoms with Gasteiger partial charge in [0.1, 0.15) is 0 Å². The Labute approximate surface area is 85.5 Å². The Morgan fingerprint density at radius 2 is 1.86 bits per heavy atom. The van der Waals surface area contributed by atoms with Crippen LogP contribution in [0.1, 0.15) is 39.5 Å². The fraction of sp³-hybridized carbons (Fsp3) is 0.900. The molecule has 1 heterocycles. The van der Waals surface area contributed by atoms with E-state index in [4.69, 9.17) is 0 Å². The fourth-order valence-electron chi connectivity index (χ4n) is 0.800. The molecule has 0 aromatic carbocycles. The molecule has 0 radical (unpaired) electrons. The Bertz CT molecular complexity index is 121. The summed E-state index contributed by atoms with van der Waals surface area (Å²) in [6.07, 6.45) is 4.35. The maximum absolute atomic E-state index is 10.1. The summed E-state index contributed by atoms with van der Waals surface area (Å²) in [5, 5.41) is 0. The first kappa shape index (κ1) is 13.4. The highest BCUT2D eigenvalue weighted by molar-refractivity contribution is 5.65. The number of unbranched alkanes of at least 4 members (excludes halogenated alkanes) is 1. The highest BCUT2D eigenvalue weighted by Crippen LogP contribution is 1.97. The van der Waals surface area contributed by atoms with E-state index in [2.05, 4.69) is 21.4 Å². The largest absolute Gasteiger partial charge is 0.466 e. The maximum Gasteiger partial charge on any atom is 0.302 e. The molecule has 14 heavy (non-hydrogen) atoms. The van der Waals surface area contributed by atoms with Crippen LogP contribution in [0, 0.1) is 0 Å². The molecule has 1 saturated heterocycles. The van der Waals surface area contributed by atoms with Gasteiger partial charge in [0.05, 0.1) is 19.8 Å². The number of rotatable bonds is 3. The Balaban J connectivity index is 0.000000249. The van der Waals surface area contributed by atoms with Gasteiger partial charge >= 0.3 is 5.97 Å². The third-order valence-corrected chi connectivity index (χ3v) is 1.59. The zero-order valence-electron chi connectivity index (χ0n) is 9.08. The normalized spacial score (nSPS) is 15.3. The minimum atomic E-state index is -0.182. The lowest BCUT2D eigenvalue weighted by molar-refractivity contribution is -0.312. The molecule has 1 aliphatic rings. The molecule has 0 aromatic rings. The Morgan fingerprint density at radius 3 is 2.14 bits per heavy atom. The van der Waals surface area contributed by atoms with Crippen LogP contribution in [-0.2, 0) is 19.3 Å². The molecule has 0 atom stereocenters. The molecule has 4 heteroatoms. The molecule has 0 spiro atoms. The molecule has 0 saturated carbocycles. The average molecular weight is 204 g/mol. The summed E-state index contributed by atoms with van der Waals surface area (Å²) in [6.45, 7) is 5.62. The van der Waals surface area contributed by atoms with Crippen molar-refractivity contribution >= 4 is 5.97 Å².